The van der Waals surface area contributed by atoms with Crippen molar-refractivity contribution in [3.8, 4) is 0 Å². The zero-order chi connectivity index (χ0) is 19.4. The fourth-order valence-corrected chi connectivity index (χ4v) is 2.71. The van der Waals surface area contributed by atoms with Gasteiger partial charge < -0.3 is 24.7 Å². The summed E-state index contributed by atoms with van der Waals surface area (Å²) in [6.07, 6.45) is 1.42. The quantitative estimate of drug-likeness (QED) is 0.722. The predicted molar refractivity (Wildman–Crippen MR) is 96.7 cm³/mol. The van der Waals surface area contributed by atoms with E-state index in [0.717, 1.165) is 0 Å². The van der Waals surface area contributed by atoms with Gasteiger partial charge in [0.25, 0.3) is 0 Å². The first kappa shape index (κ1) is 18.5. The summed E-state index contributed by atoms with van der Waals surface area (Å²) >= 11 is 0. The number of aliphatic hydroxyl groups is 2. The van der Waals surface area contributed by atoms with Gasteiger partial charge in [0.1, 0.15) is 22.9 Å². The van der Waals surface area contributed by atoms with E-state index < -0.39 is 12.1 Å². The van der Waals surface area contributed by atoms with Crippen molar-refractivity contribution in [1.82, 2.24) is 0 Å². The minimum absolute atomic E-state index is 0.0205. The SMILES string of the molecule is CC1=CC(O)=C(C(=O)Cc2ccc(NC(=O)Cc3ccco3)cc2)C(O)O1. The van der Waals surface area contributed by atoms with Gasteiger partial charge in [0.2, 0.25) is 12.2 Å². The molecule has 0 spiro atoms. The number of hydrogen-bond acceptors (Lipinski definition) is 6. The van der Waals surface area contributed by atoms with E-state index >= 15 is 0 Å². The second kappa shape index (κ2) is 7.92. The number of benzene rings is 1. The standard InChI is InChI=1S/C20H19NO6/c1-12-9-16(22)19(20(25)27-12)17(23)10-13-4-6-14(7-5-13)21-18(24)11-15-3-2-8-26-15/h2-9,20,22,25H,10-11H2,1H3,(H,21,24). The molecule has 1 aromatic carbocycles. The normalized spacial score (nSPS) is 16.5. The van der Waals surface area contributed by atoms with Crippen molar-refractivity contribution in [2.45, 2.75) is 26.1 Å². The number of anilines is 1. The average Bonchev–Trinajstić information content (AvgIpc) is 3.08. The summed E-state index contributed by atoms with van der Waals surface area (Å²) in [6.45, 7) is 1.57. The van der Waals surface area contributed by atoms with E-state index in [-0.39, 0.29) is 30.1 Å². The number of allylic oxidation sites excluding steroid dienone is 2. The van der Waals surface area contributed by atoms with Crippen LogP contribution in [-0.2, 0) is 27.2 Å². The molecular formula is C20H19NO6. The highest BCUT2D eigenvalue weighted by Gasteiger charge is 2.27. The van der Waals surface area contributed by atoms with Crippen LogP contribution in [0.15, 0.2) is 70.2 Å². The Morgan fingerprint density at radius 2 is 1.89 bits per heavy atom. The van der Waals surface area contributed by atoms with Crippen LogP contribution in [0.5, 0.6) is 0 Å². The van der Waals surface area contributed by atoms with E-state index in [1.165, 1.54) is 12.3 Å². The first-order chi connectivity index (χ1) is 12.9. The van der Waals surface area contributed by atoms with Crippen molar-refractivity contribution in [2.24, 2.45) is 0 Å². The molecule has 2 heterocycles. The van der Waals surface area contributed by atoms with Crippen LogP contribution in [0.3, 0.4) is 0 Å². The third kappa shape index (κ3) is 4.65. The fraction of sp³-hybridized carbons (Fsp3) is 0.200. The highest BCUT2D eigenvalue weighted by atomic mass is 16.6. The molecule has 3 N–H and O–H groups in total. The number of carbonyl (C=O) groups is 2. The molecule has 1 aliphatic rings. The first-order valence-electron chi connectivity index (χ1n) is 8.33. The van der Waals surface area contributed by atoms with E-state index in [0.29, 0.717) is 22.8 Å². The van der Waals surface area contributed by atoms with Gasteiger partial charge in [0.05, 0.1) is 12.7 Å². The van der Waals surface area contributed by atoms with Gasteiger partial charge in [0.15, 0.2) is 5.78 Å². The van der Waals surface area contributed by atoms with Crippen LogP contribution < -0.4 is 5.32 Å². The maximum Gasteiger partial charge on any atom is 0.231 e. The summed E-state index contributed by atoms with van der Waals surface area (Å²) in [5.74, 6) is -0.0589. The second-order valence-electron chi connectivity index (χ2n) is 6.13. The third-order valence-corrected chi connectivity index (χ3v) is 3.98. The molecular weight excluding hydrogens is 350 g/mol. The number of rotatable bonds is 6. The van der Waals surface area contributed by atoms with Crippen molar-refractivity contribution in [2.75, 3.05) is 5.32 Å². The van der Waals surface area contributed by atoms with Crippen molar-refractivity contribution in [3.05, 3.63) is 77.2 Å². The molecule has 1 aromatic heterocycles. The van der Waals surface area contributed by atoms with Gasteiger partial charge in [0, 0.05) is 18.2 Å². The summed E-state index contributed by atoms with van der Waals surface area (Å²) in [4.78, 5) is 24.3. The first-order valence-corrected chi connectivity index (χ1v) is 8.33. The second-order valence-corrected chi connectivity index (χ2v) is 6.13. The van der Waals surface area contributed by atoms with Crippen LogP contribution in [0.1, 0.15) is 18.2 Å². The highest BCUT2D eigenvalue weighted by Crippen LogP contribution is 2.23. The number of carbonyl (C=O) groups excluding carboxylic acids is 2. The Morgan fingerprint density at radius 1 is 1.15 bits per heavy atom. The minimum atomic E-state index is -1.48. The molecule has 1 amide bonds. The maximum absolute atomic E-state index is 12.4. The monoisotopic (exact) mass is 369 g/mol. The smallest absolute Gasteiger partial charge is 0.231 e. The van der Waals surface area contributed by atoms with Crippen LogP contribution >= 0.6 is 0 Å². The molecule has 1 aliphatic heterocycles. The van der Waals surface area contributed by atoms with E-state index in [4.69, 9.17) is 9.15 Å². The number of ether oxygens (including phenoxy) is 1. The topological polar surface area (TPSA) is 109 Å². The Hall–Kier alpha value is -3.32. The summed E-state index contributed by atoms with van der Waals surface area (Å²) in [5, 5.41) is 22.5. The molecule has 0 aliphatic carbocycles. The number of aliphatic hydroxyl groups excluding tert-OH is 2. The molecule has 7 heteroatoms. The molecule has 0 bridgehead atoms. The number of ketones is 1. The zero-order valence-corrected chi connectivity index (χ0v) is 14.6. The van der Waals surface area contributed by atoms with Gasteiger partial charge in [-0.05, 0) is 36.8 Å². The van der Waals surface area contributed by atoms with E-state index in [1.807, 2.05) is 0 Å². The molecule has 0 saturated carbocycles. The summed E-state index contributed by atoms with van der Waals surface area (Å²) in [6, 6.07) is 10.2. The minimum Gasteiger partial charge on any atom is -0.507 e. The van der Waals surface area contributed by atoms with Crippen LogP contribution in [0.25, 0.3) is 0 Å². The summed E-state index contributed by atoms with van der Waals surface area (Å²) < 4.78 is 10.2. The number of hydrogen-bond donors (Lipinski definition) is 3. The molecule has 0 radical (unpaired) electrons. The Kier molecular flexibility index (Phi) is 5.42. The zero-order valence-electron chi connectivity index (χ0n) is 14.6. The van der Waals surface area contributed by atoms with Crippen LogP contribution in [-0.4, -0.2) is 28.2 Å². The molecule has 140 valence electrons. The van der Waals surface area contributed by atoms with Crippen LogP contribution in [0, 0.1) is 0 Å². The predicted octanol–water partition coefficient (Wildman–Crippen LogP) is 2.64. The van der Waals surface area contributed by atoms with E-state index in [1.54, 1.807) is 43.3 Å². The lowest BCUT2D eigenvalue weighted by atomic mass is 10.00. The molecule has 0 fully saturated rings. The number of furan rings is 1. The lowest BCUT2D eigenvalue weighted by Gasteiger charge is -2.21. The van der Waals surface area contributed by atoms with Crippen LogP contribution in [0.4, 0.5) is 5.69 Å². The molecule has 3 rings (SSSR count). The summed E-state index contributed by atoms with van der Waals surface area (Å²) in [7, 11) is 0. The molecule has 7 nitrogen and oxygen atoms in total. The molecule has 2 aromatic rings. The lowest BCUT2D eigenvalue weighted by Crippen LogP contribution is -2.26. The number of nitrogens with one attached hydrogen (secondary N) is 1. The Balaban J connectivity index is 1.61. The molecule has 27 heavy (non-hydrogen) atoms. The Bertz CT molecular complexity index is 893. The Labute approximate surface area is 155 Å². The van der Waals surface area contributed by atoms with Gasteiger partial charge in [-0.25, -0.2) is 0 Å². The van der Waals surface area contributed by atoms with E-state index in [9.17, 15) is 19.8 Å². The largest absolute Gasteiger partial charge is 0.507 e. The van der Waals surface area contributed by atoms with Crippen molar-refractivity contribution in [3.63, 3.8) is 0 Å². The number of Topliss-reactive ketones (excluding diaryl/α,β-unsaturated/α-hetero) is 1. The molecule has 1 unspecified atom stereocenters. The van der Waals surface area contributed by atoms with Crippen molar-refractivity contribution >= 4 is 17.4 Å². The lowest BCUT2D eigenvalue weighted by molar-refractivity contribution is -0.120. The van der Waals surface area contributed by atoms with Gasteiger partial charge in [-0.3, -0.25) is 9.59 Å². The third-order valence-electron chi connectivity index (χ3n) is 3.98. The van der Waals surface area contributed by atoms with Gasteiger partial charge in [-0.1, -0.05) is 12.1 Å². The average molecular weight is 369 g/mol. The Morgan fingerprint density at radius 3 is 2.52 bits per heavy atom. The van der Waals surface area contributed by atoms with Crippen molar-refractivity contribution < 1.29 is 29.0 Å². The molecule has 1 atom stereocenters. The maximum atomic E-state index is 12.4. The number of amides is 1. The highest BCUT2D eigenvalue weighted by molar-refractivity contribution is 5.98. The van der Waals surface area contributed by atoms with Crippen LogP contribution in [0.2, 0.25) is 0 Å². The van der Waals surface area contributed by atoms with Crippen molar-refractivity contribution in [1.29, 1.82) is 0 Å². The summed E-state index contributed by atoms with van der Waals surface area (Å²) in [5.41, 5.74) is 1.09. The van der Waals surface area contributed by atoms with Gasteiger partial charge in [-0.2, -0.15) is 0 Å². The van der Waals surface area contributed by atoms with E-state index in [2.05, 4.69) is 5.32 Å². The van der Waals surface area contributed by atoms with Gasteiger partial charge in [-0.15, -0.1) is 0 Å². The fourth-order valence-electron chi connectivity index (χ4n) is 2.71. The molecule has 0 saturated heterocycles. The van der Waals surface area contributed by atoms with Gasteiger partial charge >= 0.3 is 0 Å².